The van der Waals surface area contributed by atoms with Gasteiger partial charge in [-0.2, -0.15) is 0 Å². The largest absolute Gasteiger partial charge is 0.496 e. The van der Waals surface area contributed by atoms with Gasteiger partial charge in [0.05, 0.1) is 13.2 Å². The lowest BCUT2D eigenvalue weighted by Gasteiger charge is -2.18. The first kappa shape index (κ1) is 13.8. The zero-order chi connectivity index (χ0) is 14.0. The molecule has 2 aromatic carbocycles. The Morgan fingerprint density at radius 3 is 2.58 bits per heavy atom. The van der Waals surface area contributed by atoms with Crippen LogP contribution in [0.2, 0.25) is 5.02 Å². The van der Waals surface area contributed by atoms with E-state index in [-0.39, 0.29) is 5.82 Å². The molecule has 1 unspecified atom stereocenters. The number of hydrogen-bond acceptors (Lipinski definition) is 2. The molecular formula is C15H15ClFNO. The Hall–Kier alpha value is -1.58. The van der Waals surface area contributed by atoms with E-state index >= 15 is 0 Å². The van der Waals surface area contributed by atoms with Gasteiger partial charge in [0.2, 0.25) is 0 Å². The van der Waals surface area contributed by atoms with Crippen LogP contribution in [0.1, 0.15) is 22.7 Å². The number of aryl methyl sites for hydroxylation is 1. The van der Waals surface area contributed by atoms with Gasteiger partial charge < -0.3 is 10.5 Å². The van der Waals surface area contributed by atoms with Crippen LogP contribution in [0.4, 0.5) is 4.39 Å². The Labute approximate surface area is 117 Å². The fraction of sp³-hybridized carbons (Fsp3) is 0.200. The number of hydrogen-bond donors (Lipinski definition) is 1. The Morgan fingerprint density at radius 1 is 1.16 bits per heavy atom. The van der Waals surface area contributed by atoms with E-state index in [2.05, 4.69) is 0 Å². The SMILES string of the molecule is COc1cc(C)ccc1C(N)c1cc(F)ccc1Cl. The van der Waals surface area contributed by atoms with E-state index in [4.69, 9.17) is 22.1 Å². The normalized spacial score (nSPS) is 12.3. The summed E-state index contributed by atoms with van der Waals surface area (Å²) < 4.78 is 18.6. The van der Waals surface area contributed by atoms with Crippen LogP contribution in [0.15, 0.2) is 36.4 Å². The standard InChI is InChI=1S/C15H15ClFNO/c1-9-3-5-11(14(7-9)19-2)15(18)12-8-10(17)4-6-13(12)16/h3-8,15H,18H2,1-2H3. The van der Waals surface area contributed by atoms with E-state index < -0.39 is 6.04 Å². The van der Waals surface area contributed by atoms with Gasteiger partial charge in [0.1, 0.15) is 11.6 Å². The van der Waals surface area contributed by atoms with Gasteiger partial charge in [-0.1, -0.05) is 23.7 Å². The summed E-state index contributed by atoms with van der Waals surface area (Å²) in [6.07, 6.45) is 0. The Kier molecular flexibility index (Phi) is 4.08. The van der Waals surface area contributed by atoms with Crippen molar-refractivity contribution in [2.45, 2.75) is 13.0 Å². The quantitative estimate of drug-likeness (QED) is 0.926. The molecule has 0 spiro atoms. The van der Waals surface area contributed by atoms with E-state index in [0.29, 0.717) is 16.3 Å². The number of halogens is 2. The summed E-state index contributed by atoms with van der Waals surface area (Å²) >= 11 is 6.08. The summed E-state index contributed by atoms with van der Waals surface area (Å²) in [4.78, 5) is 0. The first-order valence-electron chi connectivity index (χ1n) is 5.88. The fourth-order valence-electron chi connectivity index (χ4n) is 2.00. The molecule has 100 valence electrons. The van der Waals surface area contributed by atoms with Crippen LogP contribution < -0.4 is 10.5 Å². The van der Waals surface area contributed by atoms with Gasteiger partial charge in [0.15, 0.2) is 0 Å². The number of rotatable bonds is 3. The van der Waals surface area contributed by atoms with Crippen molar-refractivity contribution in [1.82, 2.24) is 0 Å². The monoisotopic (exact) mass is 279 g/mol. The highest BCUT2D eigenvalue weighted by atomic mass is 35.5. The summed E-state index contributed by atoms with van der Waals surface area (Å²) in [5.74, 6) is 0.314. The van der Waals surface area contributed by atoms with Crippen LogP contribution in [0.3, 0.4) is 0 Å². The molecule has 0 fully saturated rings. The zero-order valence-electron chi connectivity index (χ0n) is 10.8. The van der Waals surface area contributed by atoms with Gasteiger partial charge in [-0.3, -0.25) is 0 Å². The van der Waals surface area contributed by atoms with Gasteiger partial charge in [-0.05, 0) is 42.3 Å². The van der Waals surface area contributed by atoms with Crippen molar-refractivity contribution >= 4 is 11.6 Å². The Morgan fingerprint density at radius 2 is 1.89 bits per heavy atom. The fourth-order valence-corrected chi connectivity index (χ4v) is 2.23. The predicted octanol–water partition coefficient (Wildman–Crippen LogP) is 3.84. The molecule has 19 heavy (non-hydrogen) atoms. The van der Waals surface area contributed by atoms with Crippen molar-refractivity contribution in [2.75, 3.05) is 7.11 Å². The average Bonchev–Trinajstić information content (AvgIpc) is 2.40. The van der Waals surface area contributed by atoms with Gasteiger partial charge >= 0.3 is 0 Å². The molecule has 0 aliphatic rings. The lowest BCUT2D eigenvalue weighted by atomic mass is 9.97. The maximum atomic E-state index is 13.3. The lowest BCUT2D eigenvalue weighted by molar-refractivity contribution is 0.407. The van der Waals surface area contributed by atoms with E-state index in [1.54, 1.807) is 7.11 Å². The third-order valence-electron chi connectivity index (χ3n) is 3.02. The topological polar surface area (TPSA) is 35.2 Å². The maximum absolute atomic E-state index is 13.3. The summed E-state index contributed by atoms with van der Waals surface area (Å²) in [6.45, 7) is 1.97. The third kappa shape index (κ3) is 2.88. The molecule has 0 saturated heterocycles. The third-order valence-corrected chi connectivity index (χ3v) is 3.36. The second kappa shape index (κ2) is 5.59. The zero-order valence-corrected chi connectivity index (χ0v) is 11.5. The first-order valence-corrected chi connectivity index (χ1v) is 6.26. The molecule has 0 bridgehead atoms. The summed E-state index contributed by atoms with van der Waals surface area (Å²) in [5, 5.41) is 0.441. The summed E-state index contributed by atoms with van der Waals surface area (Å²) in [6, 6.07) is 9.34. The van der Waals surface area contributed by atoms with Gasteiger partial charge in [-0.25, -0.2) is 4.39 Å². The van der Waals surface area contributed by atoms with Gasteiger partial charge in [0, 0.05) is 10.6 Å². The molecular weight excluding hydrogens is 265 g/mol. The number of nitrogens with two attached hydrogens (primary N) is 1. The van der Waals surface area contributed by atoms with Crippen molar-refractivity contribution in [3.8, 4) is 5.75 Å². The lowest BCUT2D eigenvalue weighted by Crippen LogP contribution is -2.14. The van der Waals surface area contributed by atoms with Gasteiger partial charge in [-0.15, -0.1) is 0 Å². The minimum Gasteiger partial charge on any atom is -0.496 e. The van der Waals surface area contributed by atoms with Crippen molar-refractivity contribution in [1.29, 1.82) is 0 Å². The first-order chi connectivity index (χ1) is 9.02. The van der Waals surface area contributed by atoms with E-state index in [9.17, 15) is 4.39 Å². The highest BCUT2D eigenvalue weighted by Crippen LogP contribution is 2.32. The molecule has 0 aliphatic heterocycles. The molecule has 0 radical (unpaired) electrons. The smallest absolute Gasteiger partial charge is 0.124 e. The van der Waals surface area contributed by atoms with Crippen LogP contribution in [0, 0.1) is 12.7 Å². The van der Waals surface area contributed by atoms with Crippen molar-refractivity contribution in [2.24, 2.45) is 5.73 Å². The summed E-state index contributed by atoms with van der Waals surface area (Å²) in [7, 11) is 1.58. The Bertz CT molecular complexity index is 601. The minimum absolute atomic E-state index is 0.360. The molecule has 2 aromatic rings. The molecule has 4 heteroatoms. The van der Waals surface area contributed by atoms with Crippen LogP contribution in [0.5, 0.6) is 5.75 Å². The number of benzene rings is 2. The van der Waals surface area contributed by atoms with Crippen LogP contribution >= 0.6 is 11.6 Å². The van der Waals surface area contributed by atoms with Crippen molar-refractivity contribution in [3.63, 3.8) is 0 Å². The van der Waals surface area contributed by atoms with E-state index in [1.807, 2.05) is 25.1 Å². The highest BCUT2D eigenvalue weighted by molar-refractivity contribution is 6.31. The van der Waals surface area contributed by atoms with Crippen LogP contribution in [-0.4, -0.2) is 7.11 Å². The van der Waals surface area contributed by atoms with Crippen LogP contribution in [0.25, 0.3) is 0 Å². The van der Waals surface area contributed by atoms with E-state index in [0.717, 1.165) is 11.1 Å². The minimum atomic E-state index is -0.529. The predicted molar refractivity (Wildman–Crippen MR) is 75.2 cm³/mol. The number of methoxy groups -OCH3 is 1. The Balaban J connectivity index is 2.49. The molecule has 0 saturated carbocycles. The molecule has 1 atom stereocenters. The molecule has 0 heterocycles. The maximum Gasteiger partial charge on any atom is 0.124 e. The van der Waals surface area contributed by atoms with Crippen LogP contribution in [-0.2, 0) is 0 Å². The van der Waals surface area contributed by atoms with Gasteiger partial charge in [0.25, 0.3) is 0 Å². The molecule has 2 nitrogen and oxygen atoms in total. The molecule has 2 rings (SSSR count). The van der Waals surface area contributed by atoms with Crippen molar-refractivity contribution in [3.05, 3.63) is 63.9 Å². The number of ether oxygens (including phenoxy) is 1. The average molecular weight is 280 g/mol. The molecule has 0 aromatic heterocycles. The van der Waals surface area contributed by atoms with E-state index in [1.165, 1.54) is 18.2 Å². The summed E-state index contributed by atoms with van der Waals surface area (Å²) in [5.41, 5.74) is 8.57. The van der Waals surface area contributed by atoms with Crippen molar-refractivity contribution < 1.29 is 9.13 Å². The second-order valence-electron chi connectivity index (χ2n) is 4.39. The molecule has 2 N–H and O–H groups in total. The highest BCUT2D eigenvalue weighted by Gasteiger charge is 2.17. The molecule has 0 aliphatic carbocycles. The second-order valence-corrected chi connectivity index (χ2v) is 4.80. The molecule has 0 amide bonds.